The zero-order valence-electron chi connectivity index (χ0n) is 6.62. The summed E-state index contributed by atoms with van der Waals surface area (Å²) in [5.74, 6) is -0.142. The Bertz CT molecular complexity index is 299. The van der Waals surface area contributed by atoms with Crippen LogP contribution in [0, 0.1) is 0 Å². The van der Waals surface area contributed by atoms with Gasteiger partial charge in [0.05, 0.1) is 6.04 Å². The lowest BCUT2D eigenvalue weighted by molar-refractivity contribution is 0.0963. The number of aromatic nitrogens is 1. The Morgan fingerprint density at radius 2 is 2.33 bits per heavy atom. The molecular weight excluding hydrogens is 220 g/mol. The third-order valence-electron chi connectivity index (χ3n) is 1.38. The molecule has 1 unspecified atom stereocenters. The van der Waals surface area contributed by atoms with Crippen LogP contribution < -0.4 is 5.73 Å². The Balaban J connectivity index is 2.96. The van der Waals surface area contributed by atoms with Gasteiger partial charge in [-0.25, -0.2) is 4.98 Å². The molecule has 1 rings (SSSR count). The third-order valence-corrected chi connectivity index (χ3v) is 1.82. The van der Waals surface area contributed by atoms with Crippen molar-refractivity contribution in [3.8, 4) is 0 Å². The fraction of sp³-hybridized carbons (Fsp3) is 0.250. The van der Waals surface area contributed by atoms with E-state index < -0.39 is 6.04 Å². The van der Waals surface area contributed by atoms with Crippen LogP contribution in [0.1, 0.15) is 17.4 Å². The molecule has 0 fully saturated rings. The van der Waals surface area contributed by atoms with Crippen molar-refractivity contribution in [2.45, 2.75) is 13.0 Å². The first-order valence-electron chi connectivity index (χ1n) is 3.53. The molecule has 1 aromatic heterocycles. The van der Waals surface area contributed by atoms with Gasteiger partial charge in [-0.15, -0.1) is 0 Å². The van der Waals surface area contributed by atoms with E-state index >= 15 is 0 Å². The first kappa shape index (κ1) is 9.35. The number of carbonyl (C=O) groups is 1. The predicted molar refractivity (Wildman–Crippen MR) is 49.9 cm³/mol. The minimum atomic E-state index is -0.494. The second-order valence-electron chi connectivity index (χ2n) is 2.50. The fourth-order valence-electron chi connectivity index (χ4n) is 0.779. The number of rotatable bonds is 2. The minimum absolute atomic E-state index is 0.142. The summed E-state index contributed by atoms with van der Waals surface area (Å²) in [5.41, 5.74) is 5.82. The van der Waals surface area contributed by atoms with Crippen LogP contribution in [0.4, 0.5) is 0 Å². The largest absolute Gasteiger partial charge is 0.321 e. The van der Waals surface area contributed by atoms with Gasteiger partial charge in [0.2, 0.25) is 0 Å². The van der Waals surface area contributed by atoms with Gasteiger partial charge in [0.15, 0.2) is 5.78 Å². The molecule has 4 heteroatoms. The number of nitrogens with two attached hydrogens (primary N) is 1. The smallest absolute Gasteiger partial charge is 0.197 e. The van der Waals surface area contributed by atoms with E-state index in [1.165, 1.54) is 0 Å². The molecule has 1 atom stereocenters. The Labute approximate surface area is 79.1 Å². The van der Waals surface area contributed by atoms with E-state index in [0.717, 1.165) is 0 Å². The van der Waals surface area contributed by atoms with Crippen molar-refractivity contribution in [1.29, 1.82) is 0 Å². The van der Waals surface area contributed by atoms with Crippen molar-refractivity contribution >= 4 is 21.7 Å². The summed E-state index contributed by atoms with van der Waals surface area (Å²) < 4.78 is 0.647. The van der Waals surface area contributed by atoms with E-state index in [0.29, 0.717) is 10.3 Å². The summed E-state index contributed by atoms with van der Waals surface area (Å²) in [4.78, 5) is 15.3. The molecule has 0 aliphatic rings. The van der Waals surface area contributed by atoms with Gasteiger partial charge in [0, 0.05) is 0 Å². The number of halogens is 1. The van der Waals surface area contributed by atoms with Gasteiger partial charge in [-0.3, -0.25) is 4.79 Å². The normalized spacial score (nSPS) is 12.6. The maximum absolute atomic E-state index is 11.3. The van der Waals surface area contributed by atoms with E-state index in [-0.39, 0.29) is 5.78 Å². The predicted octanol–water partition coefficient (Wildman–Crippen LogP) is 1.37. The standard InChI is InChI=1S/C8H9BrN2O/c1-5(10)8(12)6-3-2-4-7(9)11-6/h2-5H,10H2,1H3. The van der Waals surface area contributed by atoms with E-state index in [2.05, 4.69) is 20.9 Å². The molecule has 0 saturated heterocycles. The van der Waals surface area contributed by atoms with E-state index in [1.54, 1.807) is 25.1 Å². The molecule has 3 nitrogen and oxygen atoms in total. The highest BCUT2D eigenvalue weighted by atomic mass is 79.9. The maximum Gasteiger partial charge on any atom is 0.197 e. The summed E-state index contributed by atoms with van der Waals surface area (Å²) in [5, 5.41) is 0. The summed E-state index contributed by atoms with van der Waals surface area (Å²) in [6.07, 6.45) is 0. The van der Waals surface area contributed by atoms with Crippen LogP contribution in [0.5, 0.6) is 0 Å². The van der Waals surface area contributed by atoms with Gasteiger partial charge in [-0.05, 0) is 35.0 Å². The van der Waals surface area contributed by atoms with Crippen molar-refractivity contribution in [3.05, 3.63) is 28.5 Å². The summed E-state index contributed by atoms with van der Waals surface area (Å²) in [6.45, 7) is 1.64. The number of hydrogen-bond donors (Lipinski definition) is 1. The van der Waals surface area contributed by atoms with Crippen molar-refractivity contribution in [1.82, 2.24) is 4.98 Å². The number of pyridine rings is 1. The van der Waals surface area contributed by atoms with Crippen LogP contribution in [-0.2, 0) is 0 Å². The van der Waals surface area contributed by atoms with E-state index in [9.17, 15) is 4.79 Å². The van der Waals surface area contributed by atoms with Gasteiger partial charge in [0.25, 0.3) is 0 Å². The molecule has 0 bridgehead atoms. The maximum atomic E-state index is 11.3. The lowest BCUT2D eigenvalue weighted by atomic mass is 10.1. The molecule has 0 radical (unpaired) electrons. The van der Waals surface area contributed by atoms with E-state index in [1.807, 2.05) is 0 Å². The molecule has 0 aromatic carbocycles. The molecule has 0 aliphatic carbocycles. The summed E-state index contributed by atoms with van der Waals surface area (Å²) in [6, 6.07) is 4.67. The zero-order valence-corrected chi connectivity index (χ0v) is 8.21. The second kappa shape index (κ2) is 3.78. The molecule has 0 aliphatic heterocycles. The Hall–Kier alpha value is -0.740. The van der Waals surface area contributed by atoms with E-state index in [4.69, 9.17) is 5.73 Å². The van der Waals surface area contributed by atoms with Crippen molar-refractivity contribution < 1.29 is 4.79 Å². The fourth-order valence-corrected chi connectivity index (χ4v) is 1.12. The number of nitrogens with zero attached hydrogens (tertiary/aromatic N) is 1. The monoisotopic (exact) mass is 228 g/mol. The molecule has 0 saturated carbocycles. The molecular formula is C8H9BrN2O. The molecule has 1 heterocycles. The Morgan fingerprint density at radius 3 is 2.83 bits per heavy atom. The highest BCUT2D eigenvalue weighted by molar-refractivity contribution is 9.10. The Kier molecular flexibility index (Phi) is 2.94. The van der Waals surface area contributed by atoms with Crippen LogP contribution in [0.25, 0.3) is 0 Å². The SMILES string of the molecule is CC(N)C(=O)c1cccc(Br)n1. The number of hydrogen-bond acceptors (Lipinski definition) is 3. The van der Waals surface area contributed by atoms with Crippen LogP contribution in [0.15, 0.2) is 22.8 Å². The van der Waals surface area contributed by atoms with Crippen LogP contribution in [0.3, 0.4) is 0 Å². The molecule has 12 heavy (non-hydrogen) atoms. The average molecular weight is 229 g/mol. The van der Waals surface area contributed by atoms with Crippen molar-refractivity contribution in [3.63, 3.8) is 0 Å². The lowest BCUT2D eigenvalue weighted by Crippen LogP contribution is -2.27. The quantitative estimate of drug-likeness (QED) is 0.615. The van der Waals surface area contributed by atoms with Crippen molar-refractivity contribution in [2.75, 3.05) is 0 Å². The first-order chi connectivity index (χ1) is 5.61. The van der Waals surface area contributed by atoms with Gasteiger partial charge in [-0.1, -0.05) is 6.07 Å². The van der Waals surface area contributed by atoms with Gasteiger partial charge in [-0.2, -0.15) is 0 Å². The second-order valence-corrected chi connectivity index (χ2v) is 3.31. The van der Waals surface area contributed by atoms with Gasteiger partial charge < -0.3 is 5.73 Å². The minimum Gasteiger partial charge on any atom is -0.321 e. The molecule has 0 amide bonds. The third kappa shape index (κ3) is 2.12. The van der Waals surface area contributed by atoms with Gasteiger partial charge >= 0.3 is 0 Å². The highest BCUT2D eigenvalue weighted by Crippen LogP contribution is 2.07. The highest BCUT2D eigenvalue weighted by Gasteiger charge is 2.11. The summed E-state index contributed by atoms with van der Waals surface area (Å²) in [7, 11) is 0. The zero-order chi connectivity index (χ0) is 9.14. The van der Waals surface area contributed by atoms with Gasteiger partial charge in [0.1, 0.15) is 10.3 Å². The van der Waals surface area contributed by atoms with Crippen LogP contribution >= 0.6 is 15.9 Å². The number of Topliss-reactive ketones (excluding diaryl/α,β-unsaturated/α-hetero) is 1. The van der Waals surface area contributed by atoms with Crippen LogP contribution in [-0.4, -0.2) is 16.8 Å². The Morgan fingerprint density at radius 1 is 1.67 bits per heavy atom. The molecule has 0 spiro atoms. The molecule has 2 N–H and O–H groups in total. The number of carbonyl (C=O) groups excluding carboxylic acids is 1. The van der Waals surface area contributed by atoms with Crippen molar-refractivity contribution in [2.24, 2.45) is 5.73 Å². The number of ketones is 1. The molecule has 1 aromatic rings. The summed E-state index contributed by atoms with van der Waals surface area (Å²) >= 11 is 3.18. The van der Waals surface area contributed by atoms with Crippen LogP contribution in [0.2, 0.25) is 0 Å². The topological polar surface area (TPSA) is 56.0 Å². The first-order valence-corrected chi connectivity index (χ1v) is 4.33. The lowest BCUT2D eigenvalue weighted by Gasteiger charge is -2.02. The molecule has 64 valence electrons. The average Bonchev–Trinajstić information content (AvgIpc) is 2.03.